The van der Waals surface area contributed by atoms with E-state index in [0.29, 0.717) is 45.0 Å². The maximum atomic E-state index is 13.4. The van der Waals surface area contributed by atoms with E-state index >= 15 is 0 Å². The maximum Gasteiger partial charge on any atom is 0.256 e. The van der Waals surface area contributed by atoms with Gasteiger partial charge in [-0.15, -0.1) is 11.3 Å². The van der Waals surface area contributed by atoms with E-state index in [9.17, 15) is 9.59 Å². The van der Waals surface area contributed by atoms with Crippen molar-refractivity contribution in [3.05, 3.63) is 58.6 Å². The lowest BCUT2D eigenvalue weighted by molar-refractivity contribution is 0.0963. The number of anilines is 1. The maximum absolute atomic E-state index is 13.4. The number of nitrogens with zero attached hydrogens (tertiary/aromatic N) is 3. The third kappa shape index (κ3) is 3.75. The molecular formula is C22H21N5O3S. The van der Waals surface area contributed by atoms with Crippen LogP contribution in [0.1, 0.15) is 26.4 Å². The molecule has 4 aromatic rings. The number of pyridine rings is 1. The number of amides is 2. The number of aromatic nitrogens is 3. The Morgan fingerprint density at radius 2 is 1.94 bits per heavy atom. The highest BCUT2D eigenvalue weighted by molar-refractivity contribution is 7.13. The smallest absolute Gasteiger partial charge is 0.256 e. The molecule has 0 radical (unpaired) electrons. The molecule has 8 nitrogen and oxygen atoms in total. The molecule has 0 aliphatic heterocycles. The summed E-state index contributed by atoms with van der Waals surface area (Å²) in [6.45, 7) is 1.84. The van der Waals surface area contributed by atoms with Gasteiger partial charge in [0.2, 0.25) is 0 Å². The normalized spacial score (nSPS) is 10.8. The van der Waals surface area contributed by atoms with Gasteiger partial charge in [0.1, 0.15) is 5.75 Å². The van der Waals surface area contributed by atoms with Crippen LogP contribution in [0.2, 0.25) is 0 Å². The minimum atomic E-state index is -0.350. The van der Waals surface area contributed by atoms with Gasteiger partial charge >= 0.3 is 0 Å². The molecule has 9 heteroatoms. The van der Waals surface area contributed by atoms with E-state index in [1.165, 1.54) is 14.2 Å². The van der Waals surface area contributed by atoms with E-state index in [1.807, 2.05) is 24.4 Å². The largest absolute Gasteiger partial charge is 0.497 e. The number of hydrogen-bond acceptors (Lipinski definition) is 6. The zero-order valence-corrected chi connectivity index (χ0v) is 18.3. The van der Waals surface area contributed by atoms with Crippen LogP contribution in [0.5, 0.6) is 5.75 Å². The summed E-state index contributed by atoms with van der Waals surface area (Å²) < 4.78 is 6.89. The van der Waals surface area contributed by atoms with Crippen molar-refractivity contribution < 1.29 is 14.3 Å². The number of carbonyl (C=O) groups is 2. The Balaban J connectivity index is 1.82. The second kappa shape index (κ2) is 8.19. The van der Waals surface area contributed by atoms with Crippen molar-refractivity contribution in [2.75, 3.05) is 19.5 Å². The van der Waals surface area contributed by atoms with Crippen molar-refractivity contribution in [1.82, 2.24) is 20.1 Å². The van der Waals surface area contributed by atoms with Gasteiger partial charge in [-0.05, 0) is 42.6 Å². The van der Waals surface area contributed by atoms with E-state index in [0.717, 1.165) is 4.88 Å². The Hall–Kier alpha value is -3.72. The zero-order valence-electron chi connectivity index (χ0n) is 17.5. The number of rotatable bonds is 5. The Kier molecular flexibility index (Phi) is 5.43. The molecule has 0 atom stereocenters. The summed E-state index contributed by atoms with van der Waals surface area (Å²) in [5.41, 5.74) is 3.15. The van der Waals surface area contributed by atoms with Crippen LogP contribution in [-0.4, -0.2) is 40.7 Å². The van der Waals surface area contributed by atoms with Gasteiger partial charge in [-0.2, -0.15) is 5.10 Å². The van der Waals surface area contributed by atoms with Gasteiger partial charge in [0.05, 0.1) is 45.6 Å². The number of hydrogen-bond donors (Lipinski definition) is 2. The molecule has 0 bridgehead atoms. The summed E-state index contributed by atoms with van der Waals surface area (Å²) in [7, 11) is 4.85. The fourth-order valence-corrected chi connectivity index (χ4v) is 4.13. The minimum absolute atomic E-state index is 0.307. The number of thiophene rings is 1. The number of methoxy groups -OCH3 is 1. The number of fused-ring (bicyclic) bond motifs is 1. The van der Waals surface area contributed by atoms with Gasteiger partial charge in [0, 0.05) is 14.1 Å². The molecule has 0 aliphatic rings. The number of nitrogens with one attached hydrogen (secondary N) is 2. The Bertz CT molecular complexity index is 1290. The van der Waals surface area contributed by atoms with Crippen molar-refractivity contribution in [1.29, 1.82) is 0 Å². The van der Waals surface area contributed by atoms with Crippen LogP contribution in [0.4, 0.5) is 5.69 Å². The van der Waals surface area contributed by atoms with Crippen LogP contribution in [0.25, 0.3) is 21.6 Å². The summed E-state index contributed by atoms with van der Waals surface area (Å²) >= 11 is 1.54. The monoisotopic (exact) mass is 435 g/mol. The molecule has 0 saturated heterocycles. The van der Waals surface area contributed by atoms with Crippen LogP contribution in [0.15, 0.2) is 41.8 Å². The highest BCUT2D eigenvalue weighted by Gasteiger charge is 2.21. The summed E-state index contributed by atoms with van der Waals surface area (Å²) in [4.78, 5) is 31.4. The highest BCUT2D eigenvalue weighted by Crippen LogP contribution is 2.30. The van der Waals surface area contributed by atoms with Crippen molar-refractivity contribution in [3.8, 4) is 16.3 Å². The first-order valence-corrected chi connectivity index (χ1v) is 10.4. The minimum Gasteiger partial charge on any atom is -0.497 e. The van der Waals surface area contributed by atoms with E-state index in [1.54, 1.807) is 47.3 Å². The fourth-order valence-electron chi connectivity index (χ4n) is 3.45. The zero-order chi connectivity index (χ0) is 22.1. The molecule has 0 unspecified atom stereocenters. The molecule has 4 rings (SSSR count). The molecule has 0 spiro atoms. The molecule has 158 valence electrons. The third-order valence-electron chi connectivity index (χ3n) is 4.93. The van der Waals surface area contributed by atoms with Crippen molar-refractivity contribution >= 4 is 39.9 Å². The summed E-state index contributed by atoms with van der Waals surface area (Å²) in [6.07, 6.45) is 0. The molecule has 3 heterocycles. The van der Waals surface area contributed by atoms with E-state index in [-0.39, 0.29) is 11.8 Å². The number of benzene rings is 1. The molecule has 0 saturated carbocycles. The van der Waals surface area contributed by atoms with Gasteiger partial charge in [-0.3, -0.25) is 14.3 Å². The second-order valence-electron chi connectivity index (χ2n) is 6.88. The van der Waals surface area contributed by atoms with E-state index < -0.39 is 0 Å². The van der Waals surface area contributed by atoms with Crippen LogP contribution < -0.4 is 15.4 Å². The Morgan fingerprint density at radius 3 is 2.61 bits per heavy atom. The van der Waals surface area contributed by atoms with Gasteiger partial charge < -0.3 is 15.4 Å². The van der Waals surface area contributed by atoms with Gasteiger partial charge in [-0.1, -0.05) is 6.07 Å². The average molecular weight is 436 g/mol. The Morgan fingerprint density at radius 1 is 1.13 bits per heavy atom. The number of carbonyl (C=O) groups excluding carboxylic acids is 2. The SMILES string of the molecule is CNC(=O)c1cc(OC)ccc1NC(=O)c1cc(-c2cccs2)nc2c1c(C)nn2C. The lowest BCUT2D eigenvalue weighted by atomic mass is 10.1. The average Bonchev–Trinajstić information content (AvgIpc) is 3.41. The molecule has 1 aromatic carbocycles. The molecule has 0 fully saturated rings. The second-order valence-corrected chi connectivity index (χ2v) is 7.83. The summed E-state index contributed by atoms with van der Waals surface area (Å²) in [5.74, 6) is -0.159. The Labute approximate surface area is 182 Å². The molecule has 31 heavy (non-hydrogen) atoms. The topological polar surface area (TPSA) is 98.1 Å². The fraction of sp³-hybridized carbons (Fsp3) is 0.182. The lowest BCUT2D eigenvalue weighted by Crippen LogP contribution is -2.22. The highest BCUT2D eigenvalue weighted by atomic mass is 32.1. The molecule has 2 N–H and O–H groups in total. The summed E-state index contributed by atoms with van der Waals surface area (Å²) in [6, 6.07) is 10.6. The standard InChI is InChI=1S/C22H21N5O3S/c1-12-19-15(11-17(18-6-5-9-31-18)24-20(19)27(3)26-12)22(29)25-16-8-7-13(30-4)10-14(16)21(28)23-2/h5-11H,1-4H3,(H,23,28)(H,25,29). The first-order chi connectivity index (χ1) is 14.9. The first kappa shape index (κ1) is 20.5. The van der Waals surface area contributed by atoms with Gasteiger partial charge in [-0.25, -0.2) is 4.98 Å². The van der Waals surface area contributed by atoms with Crippen molar-refractivity contribution in [2.24, 2.45) is 7.05 Å². The lowest BCUT2D eigenvalue weighted by Gasteiger charge is -2.13. The van der Waals surface area contributed by atoms with Crippen LogP contribution >= 0.6 is 11.3 Å². The molecule has 0 aliphatic carbocycles. The first-order valence-electron chi connectivity index (χ1n) is 9.52. The molecular weight excluding hydrogens is 414 g/mol. The molecule has 3 aromatic heterocycles. The summed E-state index contributed by atoms with van der Waals surface area (Å²) in [5, 5.41) is 12.5. The van der Waals surface area contributed by atoms with Gasteiger partial charge in [0.15, 0.2) is 5.65 Å². The predicted octanol–water partition coefficient (Wildman–Crippen LogP) is 3.63. The van der Waals surface area contributed by atoms with E-state index in [4.69, 9.17) is 9.72 Å². The van der Waals surface area contributed by atoms with Crippen molar-refractivity contribution in [2.45, 2.75) is 6.92 Å². The number of aryl methyl sites for hydroxylation is 2. The van der Waals surface area contributed by atoms with Crippen LogP contribution in [0.3, 0.4) is 0 Å². The third-order valence-corrected chi connectivity index (χ3v) is 5.83. The quantitative estimate of drug-likeness (QED) is 0.499. The van der Waals surface area contributed by atoms with Crippen molar-refractivity contribution in [3.63, 3.8) is 0 Å². The van der Waals surface area contributed by atoms with E-state index in [2.05, 4.69) is 15.7 Å². The van der Waals surface area contributed by atoms with Gasteiger partial charge in [0.25, 0.3) is 11.8 Å². The molecule has 2 amide bonds. The number of ether oxygens (including phenoxy) is 1. The predicted molar refractivity (Wildman–Crippen MR) is 121 cm³/mol. The van der Waals surface area contributed by atoms with Crippen LogP contribution in [0, 0.1) is 6.92 Å². The van der Waals surface area contributed by atoms with Crippen LogP contribution in [-0.2, 0) is 7.05 Å².